The summed E-state index contributed by atoms with van der Waals surface area (Å²) in [5.41, 5.74) is 0.873. The van der Waals surface area contributed by atoms with Crippen LogP contribution in [0.4, 0.5) is 21.8 Å². The number of hydrogen-bond acceptors (Lipinski definition) is 8. The molecule has 1 amide bonds. The van der Waals surface area contributed by atoms with Gasteiger partial charge in [-0.05, 0) is 63.5 Å². The summed E-state index contributed by atoms with van der Waals surface area (Å²) in [7, 11) is 5.12. The lowest BCUT2D eigenvalue weighted by molar-refractivity contribution is -0.125. The molecule has 0 saturated carbocycles. The highest BCUT2D eigenvalue weighted by Crippen LogP contribution is 2.36. The van der Waals surface area contributed by atoms with Crippen LogP contribution in [0.2, 0.25) is 5.02 Å². The van der Waals surface area contributed by atoms with Crippen molar-refractivity contribution in [2.45, 2.75) is 37.8 Å². The Morgan fingerprint density at radius 1 is 1.02 bits per heavy atom. The number of piperidine rings is 1. The normalized spacial score (nSPS) is 17.6. The molecular weight excluding hydrogens is 582 g/mol. The number of hydrogen-bond donors (Lipinski definition) is 2. The first-order valence-electron chi connectivity index (χ1n) is 12.8. The Balaban J connectivity index is 0.00000220. The fourth-order valence-electron chi connectivity index (χ4n) is 5.16. The molecule has 2 fully saturated rings. The molecule has 0 aliphatic carbocycles. The standard InChI is InChI=1S/C27H32ClFN6O3.2ClH/c1-34-10-4-5-22(34)26(36)30-17-8-11-35(12-9-17)27-32-21-15-24(38-3)23(37-2)14-18(21)25(33-27)31-20-7-6-16(28)13-19(20)29;;/h6-7,13-15,17,22H,4-5,8-12H2,1-3H3,(H,30,36)(H,31,32,33);2*1H/t22-;;/m0../s1. The Kier molecular flexibility index (Phi) is 10.9. The predicted octanol–water partition coefficient (Wildman–Crippen LogP) is 5.21. The van der Waals surface area contributed by atoms with Gasteiger partial charge in [-0.1, -0.05) is 11.6 Å². The van der Waals surface area contributed by atoms with Crippen LogP contribution < -0.4 is 25.0 Å². The van der Waals surface area contributed by atoms with E-state index >= 15 is 0 Å². The van der Waals surface area contributed by atoms with Crippen LogP contribution >= 0.6 is 36.4 Å². The lowest BCUT2D eigenvalue weighted by atomic mass is 10.0. The van der Waals surface area contributed by atoms with Crippen molar-refractivity contribution in [3.05, 3.63) is 41.2 Å². The van der Waals surface area contributed by atoms with Crippen molar-refractivity contribution in [3.8, 4) is 11.5 Å². The summed E-state index contributed by atoms with van der Waals surface area (Å²) in [6.07, 6.45) is 3.53. The maximum atomic E-state index is 14.7. The van der Waals surface area contributed by atoms with E-state index in [1.165, 1.54) is 6.07 Å². The number of carbonyl (C=O) groups excluding carboxylic acids is 1. The zero-order chi connectivity index (χ0) is 26.8. The van der Waals surface area contributed by atoms with E-state index in [4.69, 9.17) is 31.0 Å². The van der Waals surface area contributed by atoms with Crippen molar-refractivity contribution in [1.82, 2.24) is 20.2 Å². The zero-order valence-electron chi connectivity index (χ0n) is 22.6. The molecule has 2 aromatic carbocycles. The molecule has 0 bridgehead atoms. The molecule has 2 N–H and O–H groups in total. The molecule has 3 heterocycles. The number of nitrogens with one attached hydrogen (secondary N) is 2. The Morgan fingerprint density at radius 3 is 2.35 bits per heavy atom. The molecule has 9 nitrogen and oxygen atoms in total. The van der Waals surface area contributed by atoms with Crippen LogP contribution in [-0.4, -0.2) is 73.8 Å². The molecule has 1 atom stereocenters. The number of anilines is 3. The quantitative estimate of drug-likeness (QED) is 0.375. The van der Waals surface area contributed by atoms with Crippen molar-refractivity contribution >= 4 is 70.7 Å². The molecule has 3 aromatic rings. The molecule has 5 rings (SSSR count). The molecule has 218 valence electrons. The Bertz CT molecular complexity index is 1340. The number of halogens is 4. The van der Waals surface area contributed by atoms with E-state index in [1.807, 2.05) is 7.05 Å². The molecule has 0 radical (unpaired) electrons. The van der Waals surface area contributed by atoms with Crippen LogP contribution in [0.5, 0.6) is 11.5 Å². The van der Waals surface area contributed by atoms with Gasteiger partial charge in [0.2, 0.25) is 11.9 Å². The van der Waals surface area contributed by atoms with Crippen molar-refractivity contribution in [3.63, 3.8) is 0 Å². The van der Waals surface area contributed by atoms with E-state index in [0.29, 0.717) is 52.3 Å². The van der Waals surface area contributed by atoms with Gasteiger partial charge in [-0.15, -0.1) is 24.8 Å². The van der Waals surface area contributed by atoms with Crippen LogP contribution in [0.3, 0.4) is 0 Å². The van der Waals surface area contributed by atoms with E-state index < -0.39 is 5.82 Å². The maximum absolute atomic E-state index is 14.7. The van der Waals surface area contributed by atoms with Gasteiger partial charge in [0.25, 0.3) is 0 Å². The Morgan fingerprint density at radius 2 is 1.73 bits per heavy atom. The summed E-state index contributed by atoms with van der Waals surface area (Å²) in [6, 6.07) is 8.07. The van der Waals surface area contributed by atoms with Gasteiger partial charge in [0.05, 0.1) is 31.5 Å². The average Bonchev–Trinajstić information content (AvgIpc) is 3.35. The molecular formula is C27H34Cl3FN6O3. The topological polar surface area (TPSA) is 91.9 Å². The monoisotopic (exact) mass is 614 g/mol. The van der Waals surface area contributed by atoms with E-state index in [9.17, 15) is 9.18 Å². The lowest BCUT2D eigenvalue weighted by Crippen LogP contribution is -2.50. The van der Waals surface area contributed by atoms with E-state index in [-0.39, 0.29) is 48.5 Å². The molecule has 40 heavy (non-hydrogen) atoms. The number of ether oxygens (including phenoxy) is 2. The van der Waals surface area contributed by atoms with Crippen LogP contribution in [0, 0.1) is 5.82 Å². The minimum atomic E-state index is -0.490. The number of fused-ring (bicyclic) bond motifs is 1. The van der Waals surface area contributed by atoms with Crippen molar-refractivity contribution in [1.29, 1.82) is 0 Å². The average molecular weight is 616 g/mol. The third-order valence-electron chi connectivity index (χ3n) is 7.32. The number of likely N-dealkylation sites (tertiary alicyclic amines) is 1. The highest BCUT2D eigenvalue weighted by atomic mass is 35.5. The SMILES string of the molecule is COc1cc2nc(N3CCC(NC(=O)[C@@H]4CCCN4C)CC3)nc(Nc3ccc(Cl)cc3F)c2cc1OC.Cl.Cl. The van der Waals surface area contributed by atoms with Crippen LogP contribution in [0.15, 0.2) is 30.3 Å². The summed E-state index contributed by atoms with van der Waals surface area (Å²) in [5, 5.41) is 7.31. The highest BCUT2D eigenvalue weighted by molar-refractivity contribution is 6.30. The second-order valence-corrected chi connectivity index (χ2v) is 10.2. The Hall–Kier alpha value is -2.79. The van der Waals surface area contributed by atoms with Gasteiger partial charge >= 0.3 is 0 Å². The molecule has 2 aliphatic rings. The number of rotatable bonds is 7. The summed E-state index contributed by atoms with van der Waals surface area (Å²) in [5.74, 6) is 1.62. The number of nitrogens with zero attached hydrogens (tertiary/aromatic N) is 4. The molecule has 0 spiro atoms. The minimum Gasteiger partial charge on any atom is -0.493 e. The van der Waals surface area contributed by atoms with E-state index in [0.717, 1.165) is 32.2 Å². The smallest absolute Gasteiger partial charge is 0.237 e. The zero-order valence-corrected chi connectivity index (χ0v) is 25.0. The molecule has 13 heteroatoms. The number of aromatic nitrogens is 2. The predicted molar refractivity (Wildman–Crippen MR) is 161 cm³/mol. The van der Waals surface area contributed by atoms with Crippen molar-refractivity contribution in [2.75, 3.05) is 51.1 Å². The second-order valence-electron chi connectivity index (χ2n) is 9.75. The number of amides is 1. The fraction of sp³-hybridized carbons (Fsp3) is 0.444. The molecule has 0 unspecified atom stereocenters. The Labute approximate surface area is 250 Å². The first-order chi connectivity index (χ1) is 18.4. The minimum absolute atomic E-state index is 0. The van der Waals surface area contributed by atoms with Crippen molar-refractivity contribution < 1.29 is 18.7 Å². The van der Waals surface area contributed by atoms with Gasteiger partial charge in [0, 0.05) is 35.6 Å². The number of carbonyl (C=O) groups is 1. The third kappa shape index (κ3) is 6.74. The third-order valence-corrected chi connectivity index (χ3v) is 7.56. The molecule has 2 saturated heterocycles. The number of benzene rings is 2. The largest absolute Gasteiger partial charge is 0.493 e. The van der Waals surface area contributed by atoms with E-state index in [1.54, 1.807) is 38.5 Å². The maximum Gasteiger partial charge on any atom is 0.237 e. The van der Waals surface area contributed by atoms with Crippen LogP contribution in [-0.2, 0) is 4.79 Å². The van der Waals surface area contributed by atoms with Crippen LogP contribution in [0.25, 0.3) is 10.9 Å². The molecule has 1 aromatic heterocycles. The summed E-state index contributed by atoms with van der Waals surface area (Å²) >= 11 is 5.94. The second kappa shape index (κ2) is 13.7. The van der Waals surface area contributed by atoms with Gasteiger partial charge in [-0.25, -0.2) is 9.37 Å². The number of likely N-dealkylation sites (N-methyl/N-ethyl adjacent to an activating group) is 1. The van der Waals surface area contributed by atoms with Crippen molar-refractivity contribution in [2.24, 2.45) is 0 Å². The first-order valence-corrected chi connectivity index (χ1v) is 13.2. The first kappa shape index (κ1) is 31.7. The number of methoxy groups -OCH3 is 2. The van der Waals surface area contributed by atoms with Gasteiger partial charge in [-0.3, -0.25) is 9.69 Å². The van der Waals surface area contributed by atoms with Gasteiger partial charge in [0.15, 0.2) is 11.5 Å². The van der Waals surface area contributed by atoms with Crippen LogP contribution in [0.1, 0.15) is 25.7 Å². The summed E-state index contributed by atoms with van der Waals surface area (Å²) in [4.78, 5) is 26.5. The molecule has 2 aliphatic heterocycles. The van der Waals surface area contributed by atoms with Gasteiger partial charge in [0.1, 0.15) is 11.6 Å². The summed E-state index contributed by atoms with van der Waals surface area (Å²) in [6.45, 7) is 2.32. The summed E-state index contributed by atoms with van der Waals surface area (Å²) < 4.78 is 25.6. The van der Waals surface area contributed by atoms with Gasteiger partial charge < -0.3 is 25.0 Å². The van der Waals surface area contributed by atoms with E-state index in [2.05, 4.69) is 20.4 Å². The van der Waals surface area contributed by atoms with Gasteiger partial charge in [-0.2, -0.15) is 4.98 Å². The highest BCUT2D eigenvalue weighted by Gasteiger charge is 2.30. The fourth-order valence-corrected chi connectivity index (χ4v) is 5.32. The lowest BCUT2D eigenvalue weighted by Gasteiger charge is -2.33.